The van der Waals surface area contributed by atoms with Crippen LogP contribution in [0.4, 0.5) is 0 Å². The number of amides is 1. The Kier molecular flexibility index (Phi) is 4.92. The maximum Gasteiger partial charge on any atom is 0.306 e. The van der Waals surface area contributed by atoms with Crippen molar-refractivity contribution in [3.05, 3.63) is 30.6 Å². The first-order valence-electron chi connectivity index (χ1n) is 6.97. The molecule has 112 valence electrons. The second-order valence-corrected chi connectivity index (χ2v) is 5.09. The molecule has 0 aliphatic carbocycles. The number of carbonyl (C=O) groups is 2. The normalized spacial score (nSPS) is 12.2. The first-order valence-corrected chi connectivity index (χ1v) is 6.97. The summed E-state index contributed by atoms with van der Waals surface area (Å²) in [7, 11) is 0. The minimum absolute atomic E-state index is 0.0962. The van der Waals surface area contributed by atoms with Crippen LogP contribution < -0.4 is 5.32 Å². The highest BCUT2D eigenvalue weighted by Gasteiger charge is 2.10. The highest BCUT2D eigenvalue weighted by atomic mass is 16.4. The summed E-state index contributed by atoms with van der Waals surface area (Å²) in [6.45, 7) is 2.37. The van der Waals surface area contributed by atoms with E-state index in [0.29, 0.717) is 19.4 Å². The molecule has 0 radical (unpaired) electrons. The van der Waals surface area contributed by atoms with Gasteiger partial charge in [-0.2, -0.15) is 0 Å². The molecule has 1 unspecified atom stereocenters. The van der Waals surface area contributed by atoms with Gasteiger partial charge in [-0.1, -0.05) is 19.1 Å². The van der Waals surface area contributed by atoms with Crippen LogP contribution in [0.2, 0.25) is 0 Å². The van der Waals surface area contributed by atoms with Crippen LogP contribution in [-0.2, 0) is 16.1 Å². The molecular formula is C15H19N3O3. The molecule has 1 aromatic carbocycles. The Hall–Kier alpha value is -2.37. The molecule has 0 bridgehead atoms. The largest absolute Gasteiger partial charge is 0.481 e. The Bertz CT molecular complexity index is 636. The molecule has 1 atom stereocenters. The minimum atomic E-state index is -0.800. The van der Waals surface area contributed by atoms with Gasteiger partial charge in [0.2, 0.25) is 5.91 Å². The van der Waals surface area contributed by atoms with E-state index in [1.807, 2.05) is 24.3 Å². The molecule has 2 aromatic rings. The Balaban J connectivity index is 1.78. The molecule has 0 fully saturated rings. The predicted molar refractivity (Wildman–Crippen MR) is 78.8 cm³/mol. The topological polar surface area (TPSA) is 84.2 Å². The van der Waals surface area contributed by atoms with Crippen LogP contribution in [-0.4, -0.2) is 33.1 Å². The molecule has 0 aliphatic rings. The number of aliphatic carboxylic acids is 1. The summed E-state index contributed by atoms with van der Waals surface area (Å²) >= 11 is 0. The first-order chi connectivity index (χ1) is 10.1. The Labute approximate surface area is 122 Å². The van der Waals surface area contributed by atoms with Crippen molar-refractivity contribution in [1.29, 1.82) is 0 Å². The summed E-state index contributed by atoms with van der Waals surface area (Å²) < 4.78 is 1.80. The lowest BCUT2D eigenvalue weighted by Gasteiger charge is -2.08. The van der Waals surface area contributed by atoms with E-state index >= 15 is 0 Å². The number of nitrogens with one attached hydrogen (secondary N) is 1. The van der Waals surface area contributed by atoms with E-state index in [2.05, 4.69) is 10.3 Å². The molecule has 0 aliphatic heterocycles. The second-order valence-electron chi connectivity index (χ2n) is 5.09. The molecule has 21 heavy (non-hydrogen) atoms. The lowest BCUT2D eigenvalue weighted by atomic mass is 10.1. The van der Waals surface area contributed by atoms with Gasteiger partial charge in [0.15, 0.2) is 0 Å². The fourth-order valence-electron chi connectivity index (χ4n) is 2.11. The second kappa shape index (κ2) is 6.88. The standard InChI is InChI=1S/C15H19N3O3/c1-11(15(20)21)5-4-8-16-14(19)9-18-10-17-12-6-2-3-7-13(12)18/h2-3,6-7,10-11H,4-5,8-9H2,1H3,(H,16,19)(H,20,21). The maximum absolute atomic E-state index is 11.9. The van der Waals surface area contributed by atoms with Gasteiger partial charge < -0.3 is 15.0 Å². The summed E-state index contributed by atoms with van der Waals surface area (Å²) in [6, 6.07) is 7.64. The van der Waals surface area contributed by atoms with Gasteiger partial charge in [-0.25, -0.2) is 4.98 Å². The van der Waals surface area contributed by atoms with Gasteiger partial charge in [0.1, 0.15) is 6.54 Å². The number of aromatic nitrogens is 2. The molecule has 0 saturated heterocycles. The number of carbonyl (C=O) groups excluding carboxylic acids is 1. The first kappa shape index (κ1) is 15.0. The third-order valence-corrected chi connectivity index (χ3v) is 3.40. The van der Waals surface area contributed by atoms with Crippen LogP contribution in [0.25, 0.3) is 11.0 Å². The van der Waals surface area contributed by atoms with Gasteiger partial charge >= 0.3 is 5.97 Å². The molecule has 1 amide bonds. The van der Waals surface area contributed by atoms with Crippen LogP contribution in [0.15, 0.2) is 30.6 Å². The van der Waals surface area contributed by atoms with E-state index < -0.39 is 5.97 Å². The predicted octanol–water partition coefficient (Wildman–Crippen LogP) is 1.65. The van der Waals surface area contributed by atoms with Crippen molar-refractivity contribution in [3.8, 4) is 0 Å². The number of rotatable bonds is 7. The number of benzene rings is 1. The van der Waals surface area contributed by atoms with Crippen molar-refractivity contribution in [3.63, 3.8) is 0 Å². The van der Waals surface area contributed by atoms with Gasteiger partial charge in [-0.05, 0) is 25.0 Å². The number of hydrogen-bond acceptors (Lipinski definition) is 3. The summed E-state index contributed by atoms with van der Waals surface area (Å²) in [5.74, 6) is -1.27. The average molecular weight is 289 g/mol. The molecule has 0 spiro atoms. The molecule has 6 heteroatoms. The summed E-state index contributed by atoms with van der Waals surface area (Å²) in [6.07, 6.45) is 2.87. The fourth-order valence-corrected chi connectivity index (χ4v) is 2.11. The zero-order chi connectivity index (χ0) is 15.2. The number of fused-ring (bicyclic) bond motifs is 1. The van der Waals surface area contributed by atoms with Gasteiger partial charge in [-0.15, -0.1) is 0 Å². The molecular weight excluding hydrogens is 270 g/mol. The Morgan fingerprint density at radius 1 is 1.38 bits per heavy atom. The van der Waals surface area contributed by atoms with Crippen molar-refractivity contribution in [2.24, 2.45) is 5.92 Å². The zero-order valence-corrected chi connectivity index (χ0v) is 12.0. The molecule has 6 nitrogen and oxygen atoms in total. The SMILES string of the molecule is CC(CCCNC(=O)Cn1cnc2ccccc21)C(=O)O. The van der Waals surface area contributed by atoms with Crippen molar-refractivity contribution in [2.45, 2.75) is 26.3 Å². The Morgan fingerprint density at radius 2 is 2.14 bits per heavy atom. The molecule has 2 rings (SSSR count). The molecule has 1 heterocycles. The fraction of sp³-hybridized carbons (Fsp3) is 0.400. The molecule has 0 saturated carbocycles. The summed E-state index contributed by atoms with van der Waals surface area (Å²) in [4.78, 5) is 26.8. The van der Waals surface area contributed by atoms with Gasteiger partial charge in [0.25, 0.3) is 0 Å². The monoisotopic (exact) mass is 289 g/mol. The quantitative estimate of drug-likeness (QED) is 0.759. The number of carboxylic acids is 1. The van der Waals surface area contributed by atoms with Crippen molar-refractivity contribution in [2.75, 3.05) is 6.54 Å². The summed E-state index contributed by atoms with van der Waals surface area (Å²) in [5.41, 5.74) is 1.78. The van der Waals surface area contributed by atoms with Gasteiger partial charge in [0, 0.05) is 6.54 Å². The van der Waals surface area contributed by atoms with Crippen molar-refractivity contribution >= 4 is 22.9 Å². The number of hydrogen-bond donors (Lipinski definition) is 2. The van der Waals surface area contributed by atoms with Crippen LogP contribution in [0, 0.1) is 5.92 Å². The average Bonchev–Trinajstić information content (AvgIpc) is 2.86. The Morgan fingerprint density at radius 3 is 2.90 bits per heavy atom. The lowest BCUT2D eigenvalue weighted by Crippen LogP contribution is -2.28. The van der Waals surface area contributed by atoms with E-state index in [4.69, 9.17) is 5.11 Å². The number of para-hydroxylation sites is 2. The van der Waals surface area contributed by atoms with Gasteiger partial charge in [0.05, 0.1) is 23.3 Å². The van der Waals surface area contributed by atoms with E-state index in [-0.39, 0.29) is 18.4 Å². The van der Waals surface area contributed by atoms with E-state index in [1.165, 1.54) is 0 Å². The number of imidazole rings is 1. The van der Waals surface area contributed by atoms with Crippen LogP contribution in [0.3, 0.4) is 0 Å². The van der Waals surface area contributed by atoms with Gasteiger partial charge in [-0.3, -0.25) is 9.59 Å². The van der Waals surface area contributed by atoms with Crippen LogP contribution in [0.5, 0.6) is 0 Å². The van der Waals surface area contributed by atoms with Crippen molar-refractivity contribution in [1.82, 2.24) is 14.9 Å². The zero-order valence-electron chi connectivity index (χ0n) is 12.0. The van der Waals surface area contributed by atoms with E-state index in [0.717, 1.165) is 11.0 Å². The van der Waals surface area contributed by atoms with Crippen molar-refractivity contribution < 1.29 is 14.7 Å². The smallest absolute Gasteiger partial charge is 0.306 e. The van der Waals surface area contributed by atoms with Crippen LogP contribution >= 0.6 is 0 Å². The van der Waals surface area contributed by atoms with Crippen LogP contribution in [0.1, 0.15) is 19.8 Å². The summed E-state index contributed by atoms with van der Waals surface area (Å²) in [5, 5.41) is 11.6. The molecule has 1 aromatic heterocycles. The number of nitrogens with zero attached hydrogens (tertiary/aromatic N) is 2. The van der Waals surface area contributed by atoms with E-state index in [9.17, 15) is 9.59 Å². The third kappa shape index (κ3) is 4.05. The van der Waals surface area contributed by atoms with E-state index in [1.54, 1.807) is 17.8 Å². The minimum Gasteiger partial charge on any atom is -0.481 e. The highest BCUT2D eigenvalue weighted by Crippen LogP contribution is 2.11. The number of carboxylic acid groups (broad SMARTS) is 1. The molecule has 2 N–H and O–H groups in total. The highest BCUT2D eigenvalue weighted by molar-refractivity contribution is 5.80. The lowest BCUT2D eigenvalue weighted by molar-refractivity contribution is -0.141. The maximum atomic E-state index is 11.9. The third-order valence-electron chi connectivity index (χ3n) is 3.40.